The number of carbonyl (C=O) groups is 2. The number of rotatable bonds is 8. The number of ether oxygens (including phenoxy) is 4. The molecular weight excluding hydrogens is 288 g/mol. The highest BCUT2D eigenvalue weighted by Crippen LogP contribution is 2.18. The maximum absolute atomic E-state index is 11.0. The largest absolute Gasteiger partial charge is 0.497 e. The van der Waals surface area contributed by atoms with Gasteiger partial charge in [0.25, 0.3) is 0 Å². The summed E-state index contributed by atoms with van der Waals surface area (Å²) in [7, 11) is 2.56. The maximum atomic E-state index is 11.0. The Morgan fingerprint density at radius 3 is 2.18 bits per heavy atom. The highest BCUT2D eigenvalue weighted by atomic mass is 16.5. The van der Waals surface area contributed by atoms with Crippen molar-refractivity contribution in [1.29, 1.82) is 0 Å². The van der Waals surface area contributed by atoms with Crippen LogP contribution in [0.4, 0.5) is 0 Å². The SMILES string of the molecule is COC(=O)/C=C/OC[C@@H](O/C=C/C(=O)OC)c1ccccc1. The van der Waals surface area contributed by atoms with Crippen molar-refractivity contribution < 1.29 is 28.5 Å². The van der Waals surface area contributed by atoms with E-state index in [9.17, 15) is 9.59 Å². The van der Waals surface area contributed by atoms with Crippen molar-refractivity contribution in [2.45, 2.75) is 6.10 Å². The van der Waals surface area contributed by atoms with Gasteiger partial charge in [0.1, 0.15) is 6.61 Å². The average molecular weight is 306 g/mol. The molecule has 0 unspecified atom stereocenters. The molecular formula is C16H18O6. The monoisotopic (exact) mass is 306 g/mol. The van der Waals surface area contributed by atoms with Crippen LogP contribution in [0.15, 0.2) is 55.0 Å². The molecule has 1 aromatic carbocycles. The van der Waals surface area contributed by atoms with E-state index in [4.69, 9.17) is 9.47 Å². The predicted octanol–water partition coefficient (Wildman–Crippen LogP) is 2.13. The summed E-state index contributed by atoms with van der Waals surface area (Å²) in [6, 6.07) is 9.33. The zero-order chi connectivity index (χ0) is 16.2. The summed E-state index contributed by atoms with van der Waals surface area (Å²) in [6.07, 6.45) is 4.36. The number of esters is 2. The van der Waals surface area contributed by atoms with E-state index >= 15 is 0 Å². The summed E-state index contributed by atoms with van der Waals surface area (Å²) >= 11 is 0. The predicted molar refractivity (Wildman–Crippen MR) is 78.5 cm³/mol. The molecule has 0 N–H and O–H groups in total. The van der Waals surface area contributed by atoms with Crippen LogP contribution in [0, 0.1) is 0 Å². The first-order chi connectivity index (χ1) is 10.7. The first-order valence-corrected chi connectivity index (χ1v) is 6.48. The Bertz CT molecular complexity index is 521. The molecule has 0 aliphatic carbocycles. The quantitative estimate of drug-likeness (QED) is 0.416. The van der Waals surface area contributed by atoms with Crippen LogP contribution in [0.5, 0.6) is 0 Å². The number of methoxy groups -OCH3 is 2. The van der Waals surface area contributed by atoms with Gasteiger partial charge in [-0.05, 0) is 5.56 Å². The maximum Gasteiger partial charge on any atom is 0.333 e. The highest BCUT2D eigenvalue weighted by molar-refractivity contribution is 5.81. The van der Waals surface area contributed by atoms with Gasteiger partial charge in [0.2, 0.25) is 0 Å². The fraction of sp³-hybridized carbons (Fsp3) is 0.250. The standard InChI is InChI=1S/C16H18O6/c1-19-15(17)8-10-21-12-14(13-6-4-3-5-7-13)22-11-9-16(18)20-2/h3-11,14H,12H2,1-2H3/b10-8+,11-9+/t14-/m1/s1. The molecule has 0 bridgehead atoms. The lowest BCUT2D eigenvalue weighted by Crippen LogP contribution is -2.08. The zero-order valence-electron chi connectivity index (χ0n) is 12.4. The van der Waals surface area contributed by atoms with Gasteiger partial charge in [-0.15, -0.1) is 0 Å². The van der Waals surface area contributed by atoms with Crippen molar-refractivity contribution in [3.8, 4) is 0 Å². The van der Waals surface area contributed by atoms with E-state index in [-0.39, 0.29) is 6.61 Å². The van der Waals surface area contributed by atoms with E-state index in [2.05, 4.69) is 9.47 Å². The average Bonchev–Trinajstić information content (AvgIpc) is 2.57. The third-order valence-corrected chi connectivity index (χ3v) is 2.57. The van der Waals surface area contributed by atoms with Gasteiger partial charge >= 0.3 is 11.9 Å². The first-order valence-electron chi connectivity index (χ1n) is 6.48. The van der Waals surface area contributed by atoms with Crippen LogP contribution in [0.25, 0.3) is 0 Å². The minimum absolute atomic E-state index is 0.156. The Morgan fingerprint density at radius 2 is 1.59 bits per heavy atom. The van der Waals surface area contributed by atoms with Crippen molar-refractivity contribution in [2.75, 3.05) is 20.8 Å². The second-order valence-corrected chi connectivity index (χ2v) is 4.02. The first kappa shape index (κ1) is 17.3. The minimum Gasteiger partial charge on any atom is -0.497 e. The fourth-order valence-corrected chi connectivity index (χ4v) is 1.45. The van der Waals surface area contributed by atoms with Crippen LogP contribution in [0.1, 0.15) is 11.7 Å². The van der Waals surface area contributed by atoms with E-state index in [1.54, 1.807) is 0 Å². The van der Waals surface area contributed by atoms with Gasteiger partial charge in [0.05, 0.1) is 38.9 Å². The van der Waals surface area contributed by atoms with Crippen molar-refractivity contribution in [1.82, 2.24) is 0 Å². The molecule has 0 aromatic heterocycles. The van der Waals surface area contributed by atoms with Gasteiger partial charge in [-0.1, -0.05) is 30.3 Å². The van der Waals surface area contributed by atoms with E-state index in [1.807, 2.05) is 30.3 Å². The summed E-state index contributed by atoms with van der Waals surface area (Å²) < 4.78 is 19.6. The van der Waals surface area contributed by atoms with Gasteiger partial charge < -0.3 is 18.9 Å². The molecule has 0 saturated heterocycles. The summed E-state index contributed by atoms with van der Waals surface area (Å²) in [6.45, 7) is 0.156. The third-order valence-electron chi connectivity index (χ3n) is 2.57. The molecule has 22 heavy (non-hydrogen) atoms. The van der Waals surface area contributed by atoms with Crippen molar-refractivity contribution in [2.24, 2.45) is 0 Å². The Kier molecular flexibility index (Phi) is 7.89. The van der Waals surface area contributed by atoms with Crippen LogP contribution in [-0.4, -0.2) is 32.8 Å². The summed E-state index contributed by atoms with van der Waals surface area (Å²) in [5, 5.41) is 0. The molecule has 6 nitrogen and oxygen atoms in total. The molecule has 1 atom stereocenters. The summed E-state index contributed by atoms with van der Waals surface area (Å²) in [5.74, 6) is -1.03. The van der Waals surface area contributed by atoms with Crippen molar-refractivity contribution in [3.05, 3.63) is 60.6 Å². The fourth-order valence-electron chi connectivity index (χ4n) is 1.45. The van der Waals surface area contributed by atoms with Gasteiger partial charge in [0.15, 0.2) is 6.10 Å². The molecule has 1 rings (SSSR count). The van der Waals surface area contributed by atoms with Crippen LogP contribution in [0.2, 0.25) is 0 Å². The molecule has 0 fully saturated rings. The lowest BCUT2D eigenvalue weighted by Gasteiger charge is -2.16. The van der Waals surface area contributed by atoms with Gasteiger partial charge in [-0.25, -0.2) is 9.59 Å². The van der Waals surface area contributed by atoms with Crippen LogP contribution in [0.3, 0.4) is 0 Å². The zero-order valence-corrected chi connectivity index (χ0v) is 12.4. The third kappa shape index (κ3) is 6.60. The van der Waals surface area contributed by atoms with E-state index in [1.165, 1.54) is 32.8 Å². The number of benzene rings is 1. The number of carbonyl (C=O) groups excluding carboxylic acids is 2. The van der Waals surface area contributed by atoms with E-state index < -0.39 is 18.0 Å². The van der Waals surface area contributed by atoms with E-state index in [0.29, 0.717) is 0 Å². The second kappa shape index (κ2) is 10.0. The van der Waals surface area contributed by atoms with Crippen LogP contribution < -0.4 is 0 Å². The molecule has 6 heteroatoms. The van der Waals surface area contributed by atoms with Crippen molar-refractivity contribution in [3.63, 3.8) is 0 Å². The molecule has 0 heterocycles. The van der Waals surface area contributed by atoms with Gasteiger partial charge in [-0.3, -0.25) is 0 Å². The Balaban J connectivity index is 2.63. The molecule has 0 saturated carbocycles. The van der Waals surface area contributed by atoms with E-state index in [0.717, 1.165) is 11.6 Å². The van der Waals surface area contributed by atoms with Crippen LogP contribution >= 0.6 is 0 Å². The topological polar surface area (TPSA) is 71.1 Å². The summed E-state index contributed by atoms with van der Waals surface area (Å²) in [5.41, 5.74) is 0.864. The molecule has 118 valence electrons. The Morgan fingerprint density at radius 1 is 1.00 bits per heavy atom. The Hall–Kier alpha value is -2.76. The smallest absolute Gasteiger partial charge is 0.333 e. The molecule has 0 aliphatic heterocycles. The highest BCUT2D eigenvalue weighted by Gasteiger charge is 2.11. The van der Waals surface area contributed by atoms with Gasteiger partial charge in [-0.2, -0.15) is 0 Å². The molecule has 0 aliphatic rings. The van der Waals surface area contributed by atoms with Crippen molar-refractivity contribution >= 4 is 11.9 Å². The number of hydrogen-bond acceptors (Lipinski definition) is 6. The lowest BCUT2D eigenvalue weighted by molar-refractivity contribution is -0.136. The lowest BCUT2D eigenvalue weighted by atomic mass is 10.1. The normalized spacial score (nSPS) is 12.1. The Labute approximate surface area is 128 Å². The minimum atomic E-state index is -0.515. The van der Waals surface area contributed by atoms with Crippen LogP contribution in [-0.2, 0) is 28.5 Å². The second-order valence-electron chi connectivity index (χ2n) is 4.02. The molecule has 0 spiro atoms. The van der Waals surface area contributed by atoms with Gasteiger partial charge in [0, 0.05) is 0 Å². The molecule has 0 amide bonds. The summed E-state index contributed by atoms with van der Waals surface area (Å²) in [4.78, 5) is 21.9. The molecule has 0 radical (unpaired) electrons. The molecule has 1 aromatic rings. The number of hydrogen-bond donors (Lipinski definition) is 0.